The summed E-state index contributed by atoms with van der Waals surface area (Å²) in [5, 5.41) is 0. The summed E-state index contributed by atoms with van der Waals surface area (Å²) in [5.74, 6) is -2.94. The zero-order valence-electron chi connectivity index (χ0n) is 12.5. The average Bonchev–Trinajstić information content (AvgIpc) is 2.48. The van der Waals surface area contributed by atoms with Crippen molar-refractivity contribution >= 4 is 29.9 Å². The molecule has 0 aliphatic heterocycles. The van der Waals surface area contributed by atoms with Crippen LogP contribution in [-0.2, 0) is 12.7 Å². The van der Waals surface area contributed by atoms with Crippen molar-refractivity contribution < 1.29 is 26.7 Å². The Labute approximate surface area is 156 Å². The molecule has 0 bridgehead atoms. The summed E-state index contributed by atoms with van der Waals surface area (Å²) in [6.07, 6.45) is -4.67. The molecule has 0 aliphatic carbocycles. The van der Waals surface area contributed by atoms with E-state index in [1.54, 1.807) is 0 Å². The standard InChI is InChI=1S/C15H12F5N3O.HI/c16-12-4-3-10(6-13(12)17)24-9-2-1-8(7-23-14(21)22)11(5-9)15(18,19)20;/h1-6H,7H2,(H4,21,22,23);1H. The summed E-state index contributed by atoms with van der Waals surface area (Å²) in [6, 6.07) is 5.76. The van der Waals surface area contributed by atoms with Gasteiger partial charge in [-0.25, -0.2) is 13.8 Å². The SMILES string of the molecule is I.NC(N)=NCc1ccc(Oc2ccc(F)c(F)c2)cc1C(F)(F)F. The van der Waals surface area contributed by atoms with Crippen molar-refractivity contribution in [1.29, 1.82) is 0 Å². The quantitative estimate of drug-likeness (QED) is 0.303. The van der Waals surface area contributed by atoms with E-state index in [1.165, 1.54) is 6.07 Å². The van der Waals surface area contributed by atoms with Gasteiger partial charge in [0.15, 0.2) is 17.6 Å². The van der Waals surface area contributed by atoms with E-state index in [1.807, 2.05) is 0 Å². The van der Waals surface area contributed by atoms with Gasteiger partial charge in [0.25, 0.3) is 0 Å². The van der Waals surface area contributed by atoms with E-state index in [4.69, 9.17) is 16.2 Å². The Morgan fingerprint density at radius 2 is 1.56 bits per heavy atom. The Kier molecular flexibility index (Phi) is 6.96. The number of rotatable bonds is 4. The number of aliphatic imine (C=N–C) groups is 1. The van der Waals surface area contributed by atoms with Gasteiger partial charge >= 0.3 is 6.18 Å². The molecule has 25 heavy (non-hydrogen) atoms. The van der Waals surface area contributed by atoms with E-state index < -0.39 is 23.4 Å². The highest BCUT2D eigenvalue weighted by Gasteiger charge is 2.33. The van der Waals surface area contributed by atoms with Crippen LogP contribution in [0.25, 0.3) is 0 Å². The molecule has 0 spiro atoms. The van der Waals surface area contributed by atoms with Gasteiger partial charge in [0.1, 0.15) is 11.5 Å². The molecule has 0 radical (unpaired) electrons. The second-order valence-corrected chi connectivity index (χ2v) is 4.74. The summed E-state index contributed by atoms with van der Waals surface area (Å²) < 4.78 is 70.5. The van der Waals surface area contributed by atoms with Crippen LogP contribution in [0, 0.1) is 11.6 Å². The highest BCUT2D eigenvalue weighted by molar-refractivity contribution is 14.0. The molecular formula is C15H13F5IN3O. The summed E-state index contributed by atoms with van der Waals surface area (Å²) in [6.45, 7) is -0.358. The van der Waals surface area contributed by atoms with Crippen LogP contribution in [0.4, 0.5) is 22.0 Å². The van der Waals surface area contributed by atoms with Crippen molar-refractivity contribution in [3.8, 4) is 11.5 Å². The van der Waals surface area contributed by atoms with Gasteiger partial charge in [-0.1, -0.05) is 6.07 Å². The second kappa shape index (κ2) is 8.32. The molecule has 0 saturated heterocycles. The van der Waals surface area contributed by atoms with E-state index in [2.05, 4.69) is 4.99 Å². The predicted octanol–water partition coefficient (Wildman–Crippen LogP) is 4.17. The molecule has 2 aromatic rings. The van der Waals surface area contributed by atoms with E-state index in [9.17, 15) is 22.0 Å². The number of benzene rings is 2. The molecule has 2 aromatic carbocycles. The van der Waals surface area contributed by atoms with Crippen LogP contribution in [0.1, 0.15) is 11.1 Å². The van der Waals surface area contributed by atoms with Crippen molar-refractivity contribution in [2.24, 2.45) is 16.5 Å². The molecule has 136 valence electrons. The van der Waals surface area contributed by atoms with Crippen LogP contribution in [0.2, 0.25) is 0 Å². The zero-order chi connectivity index (χ0) is 17.9. The van der Waals surface area contributed by atoms with Crippen molar-refractivity contribution in [3.05, 3.63) is 59.2 Å². The number of nitrogens with zero attached hydrogens (tertiary/aromatic N) is 1. The molecule has 2 rings (SSSR count). The van der Waals surface area contributed by atoms with Crippen LogP contribution >= 0.6 is 24.0 Å². The lowest BCUT2D eigenvalue weighted by molar-refractivity contribution is -0.138. The van der Waals surface area contributed by atoms with Gasteiger partial charge in [0, 0.05) is 6.07 Å². The fourth-order valence-corrected chi connectivity index (χ4v) is 1.87. The van der Waals surface area contributed by atoms with Gasteiger partial charge in [-0.2, -0.15) is 13.2 Å². The Morgan fingerprint density at radius 3 is 2.12 bits per heavy atom. The first-order chi connectivity index (χ1) is 11.2. The first-order valence-electron chi connectivity index (χ1n) is 6.55. The summed E-state index contributed by atoms with van der Waals surface area (Å²) >= 11 is 0. The summed E-state index contributed by atoms with van der Waals surface area (Å²) in [4.78, 5) is 3.54. The molecule has 0 saturated carbocycles. The summed E-state index contributed by atoms with van der Waals surface area (Å²) in [7, 11) is 0. The summed E-state index contributed by atoms with van der Waals surface area (Å²) in [5.41, 5.74) is 9.08. The lowest BCUT2D eigenvalue weighted by Crippen LogP contribution is -2.23. The number of hydrogen-bond acceptors (Lipinski definition) is 2. The fourth-order valence-electron chi connectivity index (χ4n) is 1.87. The number of halogens is 6. The third-order valence-electron chi connectivity index (χ3n) is 2.95. The first kappa shape index (κ1) is 20.9. The van der Waals surface area contributed by atoms with Crippen LogP contribution in [0.5, 0.6) is 11.5 Å². The van der Waals surface area contributed by atoms with Gasteiger partial charge < -0.3 is 16.2 Å². The number of ether oxygens (including phenoxy) is 1. The molecular weight excluding hydrogens is 460 g/mol. The van der Waals surface area contributed by atoms with Gasteiger partial charge in [-0.3, -0.25) is 0 Å². The van der Waals surface area contributed by atoms with Crippen LogP contribution in [0.3, 0.4) is 0 Å². The monoisotopic (exact) mass is 473 g/mol. The molecule has 0 unspecified atom stereocenters. The Hall–Kier alpha value is -2.11. The van der Waals surface area contributed by atoms with E-state index in [0.717, 1.165) is 30.3 Å². The zero-order valence-corrected chi connectivity index (χ0v) is 14.8. The first-order valence-corrected chi connectivity index (χ1v) is 6.55. The molecule has 0 amide bonds. The van der Waals surface area contributed by atoms with Crippen LogP contribution in [-0.4, -0.2) is 5.96 Å². The highest BCUT2D eigenvalue weighted by Crippen LogP contribution is 2.36. The van der Waals surface area contributed by atoms with E-state index in [-0.39, 0.29) is 53.5 Å². The van der Waals surface area contributed by atoms with E-state index >= 15 is 0 Å². The molecule has 0 heterocycles. The fraction of sp³-hybridized carbons (Fsp3) is 0.133. The average molecular weight is 473 g/mol. The minimum atomic E-state index is -4.67. The smallest absolute Gasteiger partial charge is 0.416 e. The van der Waals surface area contributed by atoms with Crippen molar-refractivity contribution in [2.75, 3.05) is 0 Å². The highest BCUT2D eigenvalue weighted by atomic mass is 127. The molecule has 4 N–H and O–H groups in total. The molecule has 0 aromatic heterocycles. The maximum absolute atomic E-state index is 13.1. The third kappa shape index (κ3) is 5.73. The van der Waals surface area contributed by atoms with Gasteiger partial charge in [0.2, 0.25) is 0 Å². The third-order valence-corrected chi connectivity index (χ3v) is 2.95. The van der Waals surface area contributed by atoms with Crippen molar-refractivity contribution in [1.82, 2.24) is 0 Å². The predicted molar refractivity (Wildman–Crippen MR) is 92.8 cm³/mol. The minimum absolute atomic E-state index is 0. The number of nitrogens with two attached hydrogens (primary N) is 2. The van der Waals surface area contributed by atoms with Crippen LogP contribution in [0.15, 0.2) is 41.4 Å². The lowest BCUT2D eigenvalue weighted by atomic mass is 10.1. The van der Waals surface area contributed by atoms with Gasteiger partial charge in [-0.05, 0) is 29.8 Å². The Morgan fingerprint density at radius 1 is 0.960 bits per heavy atom. The number of hydrogen-bond donors (Lipinski definition) is 2. The topological polar surface area (TPSA) is 73.6 Å². The normalized spacial score (nSPS) is 10.8. The minimum Gasteiger partial charge on any atom is -0.457 e. The second-order valence-electron chi connectivity index (χ2n) is 4.74. The van der Waals surface area contributed by atoms with Crippen molar-refractivity contribution in [3.63, 3.8) is 0 Å². The maximum Gasteiger partial charge on any atom is 0.416 e. The lowest BCUT2D eigenvalue weighted by Gasteiger charge is -2.14. The van der Waals surface area contributed by atoms with Gasteiger partial charge in [-0.15, -0.1) is 24.0 Å². The molecule has 4 nitrogen and oxygen atoms in total. The van der Waals surface area contributed by atoms with Crippen LogP contribution < -0.4 is 16.2 Å². The molecule has 0 atom stereocenters. The maximum atomic E-state index is 13.1. The molecule has 0 fully saturated rings. The van der Waals surface area contributed by atoms with E-state index in [0.29, 0.717) is 0 Å². The van der Waals surface area contributed by atoms with Crippen molar-refractivity contribution in [2.45, 2.75) is 12.7 Å². The molecule has 10 heteroatoms. The largest absolute Gasteiger partial charge is 0.457 e. The Balaban J connectivity index is 0.00000312. The van der Waals surface area contributed by atoms with Gasteiger partial charge in [0.05, 0.1) is 12.1 Å². The molecule has 0 aliphatic rings. The Bertz CT molecular complexity index is 776. The number of guanidine groups is 1. The number of alkyl halides is 3.